The number of aryl methyl sites for hydroxylation is 1. The quantitative estimate of drug-likeness (QED) is 0.802. The summed E-state index contributed by atoms with van der Waals surface area (Å²) in [6, 6.07) is 2.27. The molecule has 6 heteroatoms. The topological polar surface area (TPSA) is 80.8 Å². The smallest absolute Gasteiger partial charge is 0.149 e. The molecule has 1 aliphatic heterocycles. The molecule has 0 radical (unpaired) electrons. The minimum absolute atomic E-state index is 0.173. The van der Waals surface area contributed by atoms with E-state index in [4.69, 9.17) is 5.73 Å². The Hall–Kier alpha value is -2.08. The minimum Gasteiger partial charge on any atom is -0.380 e. The van der Waals surface area contributed by atoms with Crippen LogP contribution in [0, 0.1) is 0 Å². The van der Waals surface area contributed by atoms with E-state index < -0.39 is 0 Å². The summed E-state index contributed by atoms with van der Waals surface area (Å²) in [7, 11) is 1.91. The molecule has 0 aliphatic carbocycles. The molecule has 0 fully saturated rings. The molecule has 6 nitrogen and oxygen atoms in total. The number of hydrogen-bond donors (Lipinski definition) is 3. The molecule has 4 N–H and O–H groups in total. The number of rotatable bonds is 3. The number of hydrogen-bond acceptors (Lipinski definition) is 5. The number of pyridine rings is 1. The Labute approximate surface area is 124 Å². The molecule has 112 valence electrons. The number of anilines is 2. The van der Waals surface area contributed by atoms with Crippen LogP contribution in [0.4, 0.5) is 11.5 Å². The van der Waals surface area contributed by atoms with Crippen LogP contribution < -0.4 is 16.4 Å². The third-order valence-electron chi connectivity index (χ3n) is 4.29. The van der Waals surface area contributed by atoms with Crippen LogP contribution in [-0.4, -0.2) is 32.9 Å². The van der Waals surface area contributed by atoms with Gasteiger partial charge in [-0.05, 0) is 19.4 Å². The first-order chi connectivity index (χ1) is 9.99. The molecule has 0 aromatic carbocycles. The Morgan fingerprint density at radius 1 is 1.43 bits per heavy atom. The average Bonchev–Trinajstić information content (AvgIpc) is 2.92. The summed E-state index contributed by atoms with van der Waals surface area (Å²) in [6.07, 6.45) is 6.61. The van der Waals surface area contributed by atoms with Crippen LogP contribution in [0.3, 0.4) is 0 Å². The van der Waals surface area contributed by atoms with Crippen molar-refractivity contribution in [3.05, 3.63) is 24.7 Å². The SMILES string of the molecule is CC[C@@](C)(N)[C@H]1CNc2cc(-c3cnn(C)c3)cnc2N1. The Morgan fingerprint density at radius 3 is 2.90 bits per heavy atom. The van der Waals surface area contributed by atoms with Gasteiger partial charge in [-0.2, -0.15) is 5.10 Å². The summed E-state index contributed by atoms with van der Waals surface area (Å²) >= 11 is 0. The Balaban J connectivity index is 1.86. The third kappa shape index (κ3) is 2.58. The van der Waals surface area contributed by atoms with Crippen LogP contribution in [0.2, 0.25) is 0 Å². The van der Waals surface area contributed by atoms with E-state index in [1.807, 2.05) is 25.6 Å². The second-order valence-electron chi connectivity index (χ2n) is 5.96. The van der Waals surface area contributed by atoms with Gasteiger partial charge in [0, 0.05) is 42.7 Å². The van der Waals surface area contributed by atoms with E-state index in [0.29, 0.717) is 0 Å². The molecule has 0 unspecified atom stereocenters. The second kappa shape index (κ2) is 5.04. The first-order valence-electron chi connectivity index (χ1n) is 7.28. The second-order valence-corrected chi connectivity index (χ2v) is 5.96. The minimum atomic E-state index is -0.256. The number of aromatic nitrogens is 3. The summed E-state index contributed by atoms with van der Waals surface area (Å²) in [5.41, 5.74) is 9.21. The van der Waals surface area contributed by atoms with Gasteiger partial charge in [0.1, 0.15) is 5.82 Å². The zero-order valence-corrected chi connectivity index (χ0v) is 12.7. The highest BCUT2D eigenvalue weighted by atomic mass is 15.2. The van der Waals surface area contributed by atoms with Crippen molar-refractivity contribution in [2.45, 2.75) is 31.8 Å². The maximum absolute atomic E-state index is 6.33. The molecular formula is C15H22N6. The summed E-state index contributed by atoms with van der Waals surface area (Å²) in [4.78, 5) is 4.54. The maximum atomic E-state index is 6.33. The third-order valence-corrected chi connectivity index (χ3v) is 4.29. The normalized spacial score (nSPS) is 20.1. The van der Waals surface area contributed by atoms with Crippen molar-refractivity contribution in [1.82, 2.24) is 14.8 Å². The predicted octanol–water partition coefficient (Wildman–Crippen LogP) is 1.82. The first kappa shape index (κ1) is 13.9. The highest BCUT2D eigenvalue weighted by Crippen LogP contribution is 2.31. The van der Waals surface area contributed by atoms with Crippen molar-refractivity contribution in [2.75, 3.05) is 17.2 Å². The van der Waals surface area contributed by atoms with Gasteiger partial charge in [0.05, 0.1) is 17.9 Å². The monoisotopic (exact) mass is 286 g/mol. The van der Waals surface area contributed by atoms with E-state index >= 15 is 0 Å². The molecule has 2 aromatic rings. The predicted molar refractivity (Wildman–Crippen MR) is 85.2 cm³/mol. The van der Waals surface area contributed by atoms with Gasteiger partial charge in [-0.1, -0.05) is 6.92 Å². The van der Waals surface area contributed by atoms with E-state index in [1.165, 1.54) is 0 Å². The van der Waals surface area contributed by atoms with E-state index in [-0.39, 0.29) is 11.6 Å². The Bertz CT molecular complexity index is 645. The van der Waals surface area contributed by atoms with Gasteiger partial charge in [0.25, 0.3) is 0 Å². The highest BCUT2D eigenvalue weighted by molar-refractivity contribution is 5.75. The van der Waals surface area contributed by atoms with E-state index in [1.54, 1.807) is 4.68 Å². The maximum Gasteiger partial charge on any atom is 0.149 e. The van der Waals surface area contributed by atoms with E-state index in [9.17, 15) is 0 Å². The molecule has 0 amide bonds. The molecule has 3 rings (SSSR count). The first-order valence-corrected chi connectivity index (χ1v) is 7.28. The zero-order valence-electron chi connectivity index (χ0n) is 12.7. The van der Waals surface area contributed by atoms with Gasteiger partial charge in [0.15, 0.2) is 0 Å². The standard InChI is InChI=1S/C15H22N6/c1-4-15(2,16)13-8-17-12-5-10(6-18-14(12)20-13)11-7-19-21(3)9-11/h5-7,9,13,17H,4,8,16H2,1-3H3,(H,18,20)/t13-,15-/m1/s1. The molecule has 2 aromatic heterocycles. The van der Waals surface area contributed by atoms with Crippen molar-refractivity contribution in [3.63, 3.8) is 0 Å². The van der Waals surface area contributed by atoms with Crippen LogP contribution in [0.15, 0.2) is 24.7 Å². The molecule has 0 spiro atoms. The molecule has 3 heterocycles. The van der Waals surface area contributed by atoms with Crippen molar-refractivity contribution < 1.29 is 0 Å². The van der Waals surface area contributed by atoms with Gasteiger partial charge >= 0.3 is 0 Å². The molecule has 21 heavy (non-hydrogen) atoms. The summed E-state index contributed by atoms with van der Waals surface area (Å²) < 4.78 is 1.79. The van der Waals surface area contributed by atoms with Gasteiger partial charge in [0.2, 0.25) is 0 Å². The summed E-state index contributed by atoms with van der Waals surface area (Å²) in [5.74, 6) is 0.865. The fraction of sp³-hybridized carbons (Fsp3) is 0.467. The molecule has 1 aliphatic rings. The van der Waals surface area contributed by atoms with Crippen molar-refractivity contribution in [2.24, 2.45) is 12.8 Å². The summed E-state index contributed by atoms with van der Waals surface area (Å²) in [6.45, 7) is 4.98. The zero-order chi connectivity index (χ0) is 15.0. The largest absolute Gasteiger partial charge is 0.380 e. The van der Waals surface area contributed by atoms with Crippen LogP contribution in [-0.2, 0) is 7.05 Å². The molecular weight excluding hydrogens is 264 g/mol. The van der Waals surface area contributed by atoms with Crippen LogP contribution in [0.1, 0.15) is 20.3 Å². The Morgan fingerprint density at radius 2 is 2.24 bits per heavy atom. The fourth-order valence-electron chi connectivity index (χ4n) is 2.52. The van der Waals surface area contributed by atoms with Crippen molar-refractivity contribution in [1.29, 1.82) is 0 Å². The van der Waals surface area contributed by atoms with E-state index in [2.05, 4.69) is 40.6 Å². The lowest BCUT2D eigenvalue weighted by molar-refractivity contribution is 0.389. The molecule has 0 saturated carbocycles. The van der Waals surface area contributed by atoms with Gasteiger partial charge < -0.3 is 16.4 Å². The molecule has 0 bridgehead atoms. The number of fused-ring (bicyclic) bond motifs is 1. The molecule has 0 saturated heterocycles. The lowest BCUT2D eigenvalue weighted by Gasteiger charge is -2.38. The molecule has 2 atom stereocenters. The number of nitrogens with zero attached hydrogens (tertiary/aromatic N) is 3. The average molecular weight is 286 g/mol. The van der Waals surface area contributed by atoms with Gasteiger partial charge in [-0.25, -0.2) is 4.98 Å². The van der Waals surface area contributed by atoms with Crippen LogP contribution >= 0.6 is 0 Å². The fourth-order valence-corrected chi connectivity index (χ4v) is 2.52. The summed E-state index contributed by atoms with van der Waals surface area (Å²) in [5, 5.41) is 11.1. The Kier molecular flexibility index (Phi) is 3.33. The van der Waals surface area contributed by atoms with Gasteiger partial charge in [-0.3, -0.25) is 4.68 Å². The van der Waals surface area contributed by atoms with Crippen molar-refractivity contribution >= 4 is 11.5 Å². The lowest BCUT2D eigenvalue weighted by Crippen LogP contribution is -2.56. The highest BCUT2D eigenvalue weighted by Gasteiger charge is 2.31. The van der Waals surface area contributed by atoms with Crippen LogP contribution in [0.25, 0.3) is 11.1 Å². The van der Waals surface area contributed by atoms with Gasteiger partial charge in [-0.15, -0.1) is 0 Å². The number of nitrogens with one attached hydrogen (secondary N) is 2. The number of nitrogens with two attached hydrogens (primary N) is 1. The van der Waals surface area contributed by atoms with Crippen LogP contribution in [0.5, 0.6) is 0 Å². The lowest BCUT2D eigenvalue weighted by atomic mass is 9.89. The van der Waals surface area contributed by atoms with E-state index in [0.717, 1.165) is 35.6 Å². The van der Waals surface area contributed by atoms with Crippen molar-refractivity contribution in [3.8, 4) is 11.1 Å².